The van der Waals surface area contributed by atoms with Gasteiger partial charge < -0.3 is 10.6 Å². The first-order valence-electron chi connectivity index (χ1n) is 7.99. The van der Waals surface area contributed by atoms with Gasteiger partial charge in [0.1, 0.15) is 6.04 Å². The SMILES string of the molecule is CC(NC(=O)[C@H](C)NC(=O)c1cccc([N+](=O)[O-])c1)c1ccc(Cl)c(Cl)c1. The van der Waals surface area contributed by atoms with Crippen LogP contribution in [-0.2, 0) is 4.79 Å². The van der Waals surface area contributed by atoms with Gasteiger partial charge in [0, 0.05) is 17.7 Å². The van der Waals surface area contributed by atoms with E-state index in [0.29, 0.717) is 10.0 Å². The Labute approximate surface area is 165 Å². The van der Waals surface area contributed by atoms with Crippen LogP contribution in [0.1, 0.15) is 35.8 Å². The van der Waals surface area contributed by atoms with Crippen molar-refractivity contribution in [2.24, 2.45) is 0 Å². The van der Waals surface area contributed by atoms with Crippen LogP contribution in [0.2, 0.25) is 10.0 Å². The molecule has 0 saturated carbocycles. The number of nitrogens with zero attached hydrogens (tertiary/aromatic N) is 1. The van der Waals surface area contributed by atoms with E-state index >= 15 is 0 Å². The van der Waals surface area contributed by atoms with Crippen LogP contribution in [0.4, 0.5) is 5.69 Å². The van der Waals surface area contributed by atoms with Crippen molar-refractivity contribution in [1.29, 1.82) is 0 Å². The Balaban J connectivity index is 2.00. The van der Waals surface area contributed by atoms with Gasteiger partial charge in [-0.2, -0.15) is 0 Å². The maximum absolute atomic E-state index is 12.3. The molecule has 2 N–H and O–H groups in total. The Hall–Kier alpha value is -2.64. The maximum atomic E-state index is 12.3. The van der Waals surface area contributed by atoms with Crippen molar-refractivity contribution in [1.82, 2.24) is 10.6 Å². The van der Waals surface area contributed by atoms with Gasteiger partial charge in [0.25, 0.3) is 11.6 Å². The normalized spacial score (nSPS) is 12.7. The highest BCUT2D eigenvalue weighted by Crippen LogP contribution is 2.25. The summed E-state index contributed by atoms with van der Waals surface area (Å²) in [5, 5.41) is 16.9. The largest absolute Gasteiger partial charge is 0.348 e. The molecule has 2 aromatic carbocycles. The van der Waals surface area contributed by atoms with Crippen LogP contribution in [0.3, 0.4) is 0 Å². The van der Waals surface area contributed by atoms with E-state index in [-0.39, 0.29) is 17.3 Å². The molecule has 2 aromatic rings. The Morgan fingerprint density at radius 3 is 2.37 bits per heavy atom. The molecule has 2 amide bonds. The third-order valence-corrected chi connectivity index (χ3v) is 4.60. The molecular formula is C18H17Cl2N3O4. The van der Waals surface area contributed by atoms with E-state index < -0.39 is 22.8 Å². The number of nitro benzene ring substituents is 1. The molecule has 9 heteroatoms. The fourth-order valence-electron chi connectivity index (χ4n) is 2.31. The molecule has 0 aromatic heterocycles. The van der Waals surface area contributed by atoms with E-state index in [2.05, 4.69) is 10.6 Å². The number of amides is 2. The lowest BCUT2D eigenvalue weighted by Gasteiger charge is -2.19. The number of nitro groups is 1. The predicted octanol–water partition coefficient (Wildman–Crippen LogP) is 3.90. The number of rotatable bonds is 6. The molecule has 0 aliphatic carbocycles. The van der Waals surface area contributed by atoms with E-state index in [1.54, 1.807) is 25.1 Å². The molecular weight excluding hydrogens is 393 g/mol. The van der Waals surface area contributed by atoms with Crippen molar-refractivity contribution in [3.63, 3.8) is 0 Å². The van der Waals surface area contributed by atoms with Crippen LogP contribution in [0.15, 0.2) is 42.5 Å². The standard InChI is InChI=1S/C18H17Cl2N3O4/c1-10(12-6-7-15(19)16(20)9-12)21-17(24)11(2)22-18(25)13-4-3-5-14(8-13)23(26)27/h3-11H,1-2H3,(H,21,24)(H,22,25)/t10?,11-/m0/s1. The fourth-order valence-corrected chi connectivity index (χ4v) is 2.62. The lowest BCUT2D eigenvalue weighted by atomic mass is 10.1. The highest BCUT2D eigenvalue weighted by molar-refractivity contribution is 6.42. The van der Waals surface area contributed by atoms with Gasteiger partial charge in [-0.15, -0.1) is 0 Å². The molecule has 0 aliphatic heterocycles. The number of hydrogen-bond donors (Lipinski definition) is 2. The Morgan fingerprint density at radius 1 is 1.04 bits per heavy atom. The fraction of sp³-hybridized carbons (Fsp3) is 0.222. The first kappa shape index (κ1) is 20.7. The summed E-state index contributed by atoms with van der Waals surface area (Å²) < 4.78 is 0. The van der Waals surface area contributed by atoms with E-state index in [1.165, 1.54) is 25.1 Å². The van der Waals surface area contributed by atoms with Crippen LogP contribution in [-0.4, -0.2) is 22.8 Å². The molecule has 0 radical (unpaired) electrons. The van der Waals surface area contributed by atoms with E-state index in [4.69, 9.17) is 23.2 Å². The second kappa shape index (κ2) is 8.83. The van der Waals surface area contributed by atoms with Crippen LogP contribution < -0.4 is 10.6 Å². The van der Waals surface area contributed by atoms with Gasteiger partial charge in [-0.05, 0) is 37.6 Å². The Kier molecular flexibility index (Phi) is 6.76. The van der Waals surface area contributed by atoms with Crippen LogP contribution in [0.25, 0.3) is 0 Å². The van der Waals surface area contributed by atoms with E-state index in [1.807, 2.05) is 0 Å². The van der Waals surface area contributed by atoms with Gasteiger partial charge in [0.2, 0.25) is 5.91 Å². The predicted molar refractivity (Wildman–Crippen MR) is 103 cm³/mol. The van der Waals surface area contributed by atoms with Crippen LogP contribution in [0, 0.1) is 10.1 Å². The van der Waals surface area contributed by atoms with Gasteiger partial charge in [-0.3, -0.25) is 19.7 Å². The number of halogens is 2. The number of non-ortho nitro benzene ring substituents is 1. The topological polar surface area (TPSA) is 101 Å². The molecule has 0 aliphatic rings. The first-order chi connectivity index (χ1) is 12.7. The quantitative estimate of drug-likeness (QED) is 0.557. The van der Waals surface area contributed by atoms with Crippen molar-refractivity contribution in [3.8, 4) is 0 Å². The minimum atomic E-state index is -0.845. The smallest absolute Gasteiger partial charge is 0.270 e. The molecule has 142 valence electrons. The molecule has 0 saturated heterocycles. The van der Waals surface area contributed by atoms with Crippen molar-refractivity contribution < 1.29 is 14.5 Å². The number of nitrogens with one attached hydrogen (secondary N) is 2. The number of hydrogen-bond acceptors (Lipinski definition) is 4. The van der Waals surface area contributed by atoms with Crippen molar-refractivity contribution in [3.05, 3.63) is 73.8 Å². The molecule has 1 unspecified atom stereocenters. The molecule has 27 heavy (non-hydrogen) atoms. The summed E-state index contributed by atoms with van der Waals surface area (Å²) >= 11 is 11.9. The van der Waals surface area contributed by atoms with Gasteiger partial charge in [0.05, 0.1) is 21.0 Å². The second-order valence-corrected chi connectivity index (χ2v) is 6.72. The average Bonchev–Trinajstić information content (AvgIpc) is 2.63. The van der Waals surface area contributed by atoms with Gasteiger partial charge in [-0.25, -0.2) is 0 Å². The summed E-state index contributed by atoms with van der Waals surface area (Å²) in [6.07, 6.45) is 0. The second-order valence-electron chi connectivity index (χ2n) is 5.91. The van der Waals surface area contributed by atoms with Crippen LogP contribution >= 0.6 is 23.2 Å². The van der Waals surface area contributed by atoms with Gasteiger partial charge in [-0.1, -0.05) is 35.3 Å². The molecule has 2 rings (SSSR count). The van der Waals surface area contributed by atoms with Crippen LogP contribution in [0.5, 0.6) is 0 Å². The molecule has 0 spiro atoms. The molecule has 0 bridgehead atoms. The number of benzene rings is 2. The zero-order valence-electron chi connectivity index (χ0n) is 14.5. The van der Waals surface area contributed by atoms with Gasteiger partial charge >= 0.3 is 0 Å². The molecule has 7 nitrogen and oxygen atoms in total. The lowest BCUT2D eigenvalue weighted by molar-refractivity contribution is -0.384. The number of carbonyl (C=O) groups excluding carboxylic acids is 2. The van der Waals surface area contributed by atoms with Gasteiger partial charge in [0.15, 0.2) is 0 Å². The zero-order valence-corrected chi connectivity index (χ0v) is 16.0. The number of carbonyl (C=O) groups is 2. The van der Waals surface area contributed by atoms with Crippen molar-refractivity contribution >= 4 is 40.7 Å². The summed E-state index contributed by atoms with van der Waals surface area (Å²) in [5.41, 5.74) is 0.657. The highest BCUT2D eigenvalue weighted by Gasteiger charge is 2.20. The summed E-state index contributed by atoms with van der Waals surface area (Å²) in [4.78, 5) is 34.8. The van der Waals surface area contributed by atoms with E-state index in [9.17, 15) is 19.7 Å². The third kappa shape index (κ3) is 5.42. The average molecular weight is 410 g/mol. The molecule has 0 heterocycles. The minimum absolute atomic E-state index is 0.0985. The summed E-state index contributed by atoms with van der Waals surface area (Å²) in [6.45, 7) is 3.29. The minimum Gasteiger partial charge on any atom is -0.348 e. The van der Waals surface area contributed by atoms with Crippen molar-refractivity contribution in [2.75, 3.05) is 0 Å². The van der Waals surface area contributed by atoms with E-state index in [0.717, 1.165) is 11.6 Å². The first-order valence-corrected chi connectivity index (χ1v) is 8.75. The third-order valence-electron chi connectivity index (χ3n) is 3.86. The Bertz CT molecular complexity index is 889. The summed E-state index contributed by atoms with van der Waals surface area (Å²) in [5.74, 6) is -0.990. The molecule has 0 fully saturated rings. The Morgan fingerprint density at radius 2 is 1.74 bits per heavy atom. The monoisotopic (exact) mass is 409 g/mol. The highest BCUT2D eigenvalue weighted by atomic mass is 35.5. The maximum Gasteiger partial charge on any atom is 0.270 e. The summed E-state index contributed by atoms with van der Waals surface area (Å²) in [6, 6.07) is 9.10. The summed E-state index contributed by atoms with van der Waals surface area (Å²) in [7, 11) is 0. The lowest BCUT2D eigenvalue weighted by Crippen LogP contribution is -2.45. The molecule has 2 atom stereocenters. The zero-order chi connectivity index (χ0) is 20.1. The van der Waals surface area contributed by atoms with Crippen molar-refractivity contribution in [2.45, 2.75) is 25.9 Å².